The van der Waals surface area contributed by atoms with Crippen molar-refractivity contribution in [3.63, 3.8) is 0 Å². The predicted molar refractivity (Wildman–Crippen MR) is 193 cm³/mol. The van der Waals surface area contributed by atoms with E-state index in [1.807, 2.05) is 29.6 Å². The Balaban J connectivity index is 1.40. The fourth-order valence-electron chi connectivity index (χ4n) is 7.88. The highest BCUT2D eigenvalue weighted by molar-refractivity contribution is 7.91. The average molecular weight is 729 g/mol. The lowest BCUT2D eigenvalue weighted by Crippen LogP contribution is -2.45. The number of halogens is 1. The van der Waals surface area contributed by atoms with E-state index in [-0.39, 0.29) is 28.9 Å². The van der Waals surface area contributed by atoms with Crippen molar-refractivity contribution in [2.75, 3.05) is 30.9 Å². The predicted octanol–water partition coefficient (Wildman–Crippen LogP) is 4.58. The maximum Gasteiger partial charge on any atom is 0.269 e. The van der Waals surface area contributed by atoms with Gasteiger partial charge in [-0.15, -0.1) is 15.9 Å². The number of fused-ring (bicyclic) bond motifs is 5. The molecule has 6 aromatic rings. The van der Waals surface area contributed by atoms with Crippen LogP contribution in [0, 0.1) is 0 Å². The molecule has 3 aliphatic rings. The molecule has 0 radical (unpaired) electrons. The van der Waals surface area contributed by atoms with Crippen LogP contribution in [0.2, 0.25) is 0 Å². The van der Waals surface area contributed by atoms with Crippen LogP contribution < -0.4 is 4.90 Å². The van der Waals surface area contributed by atoms with Crippen LogP contribution in [0.4, 0.5) is 5.69 Å². The van der Waals surface area contributed by atoms with Gasteiger partial charge in [0.1, 0.15) is 0 Å². The lowest BCUT2D eigenvalue weighted by Gasteiger charge is -2.28. The SMILES string of the molecule is CN1C(=O)C2(CCN([S+]([O-])C3(CCl)CC3)C2)c2c1cnc1c2c(-c2ccc3c(cnn3C)c2)c(-c2cnn(C)c2)n1S(=O)(=O)c1ccccc1. The van der Waals surface area contributed by atoms with Crippen molar-refractivity contribution in [1.82, 2.24) is 32.8 Å². The number of benzene rings is 2. The summed E-state index contributed by atoms with van der Waals surface area (Å²) in [5.74, 6) is 0.157. The number of anilines is 1. The number of aromatic nitrogens is 6. The molecule has 6 heterocycles. The van der Waals surface area contributed by atoms with Crippen LogP contribution in [-0.2, 0) is 45.7 Å². The molecule has 256 valence electrons. The number of pyridine rings is 1. The molecule has 12 nitrogen and oxygen atoms in total. The molecule has 2 aromatic carbocycles. The highest BCUT2D eigenvalue weighted by atomic mass is 35.5. The van der Waals surface area contributed by atoms with E-state index in [2.05, 4.69) is 10.2 Å². The van der Waals surface area contributed by atoms with E-state index in [0.29, 0.717) is 46.4 Å². The van der Waals surface area contributed by atoms with Crippen molar-refractivity contribution in [3.8, 4) is 22.4 Å². The second-order valence-electron chi connectivity index (χ2n) is 13.6. The van der Waals surface area contributed by atoms with Crippen molar-refractivity contribution >= 4 is 66.5 Å². The molecule has 2 fully saturated rings. The zero-order chi connectivity index (χ0) is 34.7. The summed E-state index contributed by atoms with van der Waals surface area (Å²) in [6, 6.07) is 14.2. The van der Waals surface area contributed by atoms with Crippen LogP contribution in [-0.4, -0.2) is 82.5 Å². The van der Waals surface area contributed by atoms with E-state index in [0.717, 1.165) is 29.3 Å². The zero-order valence-electron chi connectivity index (χ0n) is 27.6. The Morgan fingerprint density at radius 3 is 2.46 bits per heavy atom. The van der Waals surface area contributed by atoms with Crippen LogP contribution >= 0.6 is 11.6 Å². The normalized spacial score (nSPS) is 20.8. The molecule has 1 spiro atoms. The number of likely N-dealkylation sites (N-methyl/N-ethyl adjacent to an activating group) is 1. The third-order valence-electron chi connectivity index (χ3n) is 10.7. The summed E-state index contributed by atoms with van der Waals surface area (Å²) in [6.45, 7) is 0.650. The van der Waals surface area contributed by atoms with Gasteiger partial charge in [0, 0.05) is 85.6 Å². The van der Waals surface area contributed by atoms with Gasteiger partial charge in [0.05, 0.1) is 58.2 Å². The van der Waals surface area contributed by atoms with E-state index in [4.69, 9.17) is 16.6 Å². The molecule has 0 bridgehead atoms. The van der Waals surface area contributed by atoms with Crippen LogP contribution in [0.3, 0.4) is 0 Å². The molecule has 50 heavy (non-hydrogen) atoms. The van der Waals surface area contributed by atoms with Crippen molar-refractivity contribution in [2.45, 2.75) is 34.3 Å². The molecule has 1 aliphatic carbocycles. The second-order valence-corrected chi connectivity index (χ2v) is 17.5. The minimum atomic E-state index is -4.25. The molecule has 2 unspecified atom stereocenters. The van der Waals surface area contributed by atoms with Gasteiger partial charge in [0.2, 0.25) is 5.91 Å². The zero-order valence-corrected chi connectivity index (χ0v) is 30.0. The van der Waals surface area contributed by atoms with E-state index in [9.17, 15) is 17.8 Å². The van der Waals surface area contributed by atoms with Crippen molar-refractivity contribution in [2.24, 2.45) is 14.1 Å². The van der Waals surface area contributed by atoms with Gasteiger partial charge >= 0.3 is 0 Å². The van der Waals surface area contributed by atoms with E-state index < -0.39 is 31.5 Å². The Labute approximate surface area is 296 Å². The van der Waals surface area contributed by atoms with Crippen molar-refractivity contribution < 1.29 is 17.8 Å². The smallest absolute Gasteiger partial charge is 0.269 e. The molecule has 15 heteroatoms. The van der Waals surface area contributed by atoms with Crippen molar-refractivity contribution in [1.29, 1.82) is 0 Å². The number of nitrogens with zero attached hydrogens (tertiary/aromatic N) is 8. The maximum absolute atomic E-state index is 14.9. The first-order chi connectivity index (χ1) is 24.0. The van der Waals surface area contributed by atoms with Gasteiger partial charge in [0.15, 0.2) is 10.4 Å². The van der Waals surface area contributed by atoms with Crippen LogP contribution in [0.5, 0.6) is 0 Å². The lowest BCUT2D eigenvalue weighted by atomic mass is 9.78. The summed E-state index contributed by atoms with van der Waals surface area (Å²) >= 11 is 4.94. The molecule has 9 rings (SSSR count). The number of carbonyl (C=O) groups is 1. The highest BCUT2D eigenvalue weighted by Gasteiger charge is 2.62. The van der Waals surface area contributed by atoms with Gasteiger partial charge in [-0.05, 0) is 36.2 Å². The minimum Gasteiger partial charge on any atom is -0.597 e. The molecular weight excluding hydrogens is 696 g/mol. The van der Waals surface area contributed by atoms with E-state index >= 15 is 0 Å². The summed E-state index contributed by atoms with van der Waals surface area (Å²) in [5.41, 5.74) is 3.62. The Morgan fingerprint density at radius 1 is 0.980 bits per heavy atom. The second kappa shape index (κ2) is 10.9. The van der Waals surface area contributed by atoms with Gasteiger partial charge in [-0.1, -0.05) is 24.3 Å². The van der Waals surface area contributed by atoms with Crippen LogP contribution in [0.25, 0.3) is 44.3 Å². The summed E-state index contributed by atoms with van der Waals surface area (Å²) < 4.78 is 49.9. The summed E-state index contributed by atoms with van der Waals surface area (Å²) in [4.78, 5) is 21.1. The Hall–Kier alpha value is -4.21. The first-order valence-corrected chi connectivity index (χ1v) is 19.4. The number of alkyl halides is 1. The fourth-order valence-corrected chi connectivity index (χ4v) is 11.6. The number of rotatable bonds is 7. The molecule has 1 saturated carbocycles. The molecule has 2 atom stereocenters. The monoisotopic (exact) mass is 728 g/mol. The average Bonchev–Trinajstić information content (AvgIpc) is 3.48. The van der Waals surface area contributed by atoms with Gasteiger partial charge in [-0.2, -0.15) is 10.2 Å². The number of hydrogen-bond donors (Lipinski definition) is 0. The fraction of sp³-hybridized carbons (Fsp3) is 0.314. The number of aryl methyl sites for hydroxylation is 2. The number of carbonyl (C=O) groups excluding carboxylic acids is 1. The summed E-state index contributed by atoms with van der Waals surface area (Å²) in [5, 5.41) is 10.3. The number of hydrogen-bond acceptors (Lipinski definition) is 8. The topological polar surface area (TPSA) is 134 Å². The third kappa shape index (κ3) is 4.28. The maximum atomic E-state index is 14.9. The van der Waals surface area contributed by atoms with Gasteiger partial charge < -0.3 is 9.45 Å². The van der Waals surface area contributed by atoms with Crippen molar-refractivity contribution in [3.05, 3.63) is 78.9 Å². The van der Waals surface area contributed by atoms with Crippen LogP contribution in [0.15, 0.2) is 78.2 Å². The van der Waals surface area contributed by atoms with E-state index in [1.54, 1.807) is 83.5 Å². The molecule has 0 N–H and O–H groups in total. The minimum absolute atomic E-state index is 0.0970. The van der Waals surface area contributed by atoms with Gasteiger partial charge in [0.25, 0.3) is 10.0 Å². The summed E-state index contributed by atoms with van der Waals surface area (Å²) in [6.07, 6.45) is 8.77. The molecule has 4 aromatic heterocycles. The molecule has 1 amide bonds. The molecule has 1 saturated heterocycles. The molecule has 2 aliphatic heterocycles. The summed E-state index contributed by atoms with van der Waals surface area (Å²) in [7, 11) is 1.13. The Kier molecular flexibility index (Phi) is 6.92. The van der Waals surface area contributed by atoms with Crippen LogP contribution in [0.1, 0.15) is 24.8 Å². The quantitative estimate of drug-likeness (QED) is 0.172. The third-order valence-corrected chi connectivity index (χ3v) is 15.1. The van der Waals surface area contributed by atoms with Gasteiger partial charge in [-0.25, -0.2) is 17.4 Å². The number of amides is 1. The first kappa shape index (κ1) is 31.7. The highest BCUT2D eigenvalue weighted by Crippen LogP contribution is 2.56. The largest absolute Gasteiger partial charge is 0.597 e. The Bertz CT molecular complexity index is 2490. The first-order valence-electron chi connectivity index (χ1n) is 16.3. The lowest BCUT2D eigenvalue weighted by molar-refractivity contribution is -0.122. The Morgan fingerprint density at radius 2 is 1.76 bits per heavy atom. The standard InChI is InChI=1S/C35H33ClN8O4S2/c1-40-19-24(17-38-40)31-28(22-9-10-26-23(15-22)16-39-42(26)3)29-30-27(18-37-32(29)44(31)50(47,48)25-7-5-4-6-8-25)41(2)33(45)35(30)13-14-43(21-35)49(46)34(20-36)11-12-34/h4-10,15-19H,11-14,20-21H2,1-3H3. The van der Waals surface area contributed by atoms with Gasteiger partial charge in [-0.3, -0.25) is 14.2 Å². The van der Waals surface area contributed by atoms with E-state index in [1.165, 1.54) is 3.97 Å². The molecular formula is C35H33ClN8O4S2.